The molecule has 44 heavy (non-hydrogen) atoms. The molecule has 0 aliphatic heterocycles. The molecule has 0 unspecified atom stereocenters. The van der Waals surface area contributed by atoms with E-state index in [1.807, 2.05) is 48.5 Å². The Bertz CT molecular complexity index is 2710. The summed E-state index contributed by atoms with van der Waals surface area (Å²) in [6.07, 6.45) is 0. The number of nitrogens with zero attached hydrogens (tertiary/aromatic N) is 4. The van der Waals surface area contributed by atoms with E-state index in [1.165, 1.54) is 0 Å². The summed E-state index contributed by atoms with van der Waals surface area (Å²) in [5.74, 6) is 1.33. The second-order valence-electron chi connectivity index (χ2n) is 11.2. The van der Waals surface area contributed by atoms with E-state index in [0.29, 0.717) is 11.7 Å². The van der Waals surface area contributed by atoms with Gasteiger partial charge in [0.25, 0.3) is 0 Å². The minimum atomic E-state index is 0.628. The summed E-state index contributed by atoms with van der Waals surface area (Å²) < 4.78 is 8.88. The molecule has 6 aromatic carbocycles. The van der Waals surface area contributed by atoms with Gasteiger partial charge in [0.2, 0.25) is 5.89 Å². The number of rotatable bonds is 3. The molecule has 10 aromatic rings. The van der Waals surface area contributed by atoms with Crippen molar-refractivity contribution in [2.45, 2.75) is 0 Å². The minimum Gasteiger partial charge on any atom is -0.435 e. The van der Waals surface area contributed by atoms with E-state index in [2.05, 4.69) is 89.3 Å². The largest absolute Gasteiger partial charge is 0.435 e. The normalized spacial score (nSPS) is 12.1. The predicted molar refractivity (Wildman–Crippen MR) is 178 cm³/mol. The molecule has 0 saturated heterocycles. The molecule has 0 amide bonds. The van der Waals surface area contributed by atoms with Crippen LogP contribution in [0.3, 0.4) is 0 Å². The predicted octanol–water partition coefficient (Wildman–Crippen LogP) is 9.92. The van der Waals surface area contributed by atoms with Gasteiger partial charge >= 0.3 is 0 Å². The average molecular weight is 563 g/mol. The molecule has 0 aliphatic carbocycles. The van der Waals surface area contributed by atoms with Gasteiger partial charge in [-0.15, -0.1) is 0 Å². The summed E-state index contributed by atoms with van der Waals surface area (Å²) in [6, 6.07) is 45.9. The Balaban J connectivity index is 1.28. The molecule has 0 saturated carbocycles. The van der Waals surface area contributed by atoms with Crippen molar-refractivity contribution in [1.82, 2.24) is 19.4 Å². The van der Waals surface area contributed by atoms with Gasteiger partial charge in [0.1, 0.15) is 5.52 Å². The van der Waals surface area contributed by atoms with Crippen LogP contribution in [0.5, 0.6) is 0 Å². The third kappa shape index (κ3) is 3.21. The summed E-state index contributed by atoms with van der Waals surface area (Å²) in [4.78, 5) is 15.2. The average Bonchev–Trinajstić information content (AvgIpc) is 3.77. The molecule has 0 fully saturated rings. The molecule has 0 atom stereocenters. The number of fused-ring (bicyclic) bond motifs is 9. The van der Waals surface area contributed by atoms with E-state index in [0.717, 1.165) is 82.5 Å². The molecule has 4 aromatic heterocycles. The van der Waals surface area contributed by atoms with Crippen LogP contribution in [0.4, 0.5) is 0 Å². The first-order valence-corrected chi connectivity index (χ1v) is 14.7. The fourth-order valence-corrected chi connectivity index (χ4v) is 6.81. The Hall–Kier alpha value is -6.07. The van der Waals surface area contributed by atoms with Crippen molar-refractivity contribution in [3.8, 4) is 34.1 Å². The number of aromatic nitrogens is 4. The van der Waals surface area contributed by atoms with Gasteiger partial charge in [-0.1, -0.05) is 84.9 Å². The first-order valence-electron chi connectivity index (χ1n) is 14.7. The van der Waals surface area contributed by atoms with E-state index < -0.39 is 0 Å². The van der Waals surface area contributed by atoms with Crippen molar-refractivity contribution >= 4 is 60.1 Å². The molecule has 5 nitrogen and oxygen atoms in total. The van der Waals surface area contributed by atoms with Gasteiger partial charge in [0, 0.05) is 38.2 Å². The van der Waals surface area contributed by atoms with E-state index in [1.54, 1.807) is 0 Å². The van der Waals surface area contributed by atoms with Crippen molar-refractivity contribution in [2.24, 2.45) is 0 Å². The van der Waals surface area contributed by atoms with Crippen molar-refractivity contribution in [2.75, 3.05) is 0 Å². The number of para-hydroxylation sites is 2. The second-order valence-corrected chi connectivity index (χ2v) is 11.2. The zero-order valence-electron chi connectivity index (χ0n) is 23.4. The summed E-state index contributed by atoms with van der Waals surface area (Å²) in [7, 11) is 0. The molecular formula is C39H22N4O. The Labute approximate surface area is 251 Å². The van der Waals surface area contributed by atoms with E-state index in [4.69, 9.17) is 19.4 Å². The fraction of sp³-hybridized carbons (Fsp3) is 0. The quantitative estimate of drug-likeness (QED) is 0.215. The lowest BCUT2D eigenvalue weighted by Crippen LogP contribution is -1.95. The smallest absolute Gasteiger partial charge is 0.227 e. The van der Waals surface area contributed by atoms with Crippen molar-refractivity contribution in [3.05, 3.63) is 133 Å². The number of oxazole rings is 1. The Morgan fingerprint density at radius 3 is 2.02 bits per heavy atom. The number of benzene rings is 6. The molecule has 10 rings (SSSR count). The summed E-state index contributed by atoms with van der Waals surface area (Å²) in [6.45, 7) is 0. The summed E-state index contributed by atoms with van der Waals surface area (Å²) in [5, 5.41) is 5.56. The standard InChI is InChI=1S/C39H22N4O/c1-3-11-23(12-4-1)35-26-15-7-9-17-30(26)40-38(42-35)25-19-20-33-28(21-25)29-22-31-37(44-39(41-31)24-13-5-2-6-14-24)34-27-16-8-10-18-32(27)43(33)36(29)34/h1-22H. The van der Waals surface area contributed by atoms with Crippen LogP contribution in [0.2, 0.25) is 0 Å². The Morgan fingerprint density at radius 1 is 0.477 bits per heavy atom. The topological polar surface area (TPSA) is 56.2 Å². The van der Waals surface area contributed by atoms with Crippen LogP contribution < -0.4 is 0 Å². The van der Waals surface area contributed by atoms with Crippen molar-refractivity contribution in [1.29, 1.82) is 0 Å². The van der Waals surface area contributed by atoms with Gasteiger partial charge in [-0.05, 0) is 48.5 Å². The van der Waals surface area contributed by atoms with E-state index >= 15 is 0 Å². The van der Waals surface area contributed by atoms with Gasteiger partial charge < -0.3 is 8.82 Å². The van der Waals surface area contributed by atoms with Crippen LogP contribution >= 0.6 is 0 Å². The van der Waals surface area contributed by atoms with Crippen molar-refractivity contribution < 1.29 is 4.42 Å². The molecule has 0 radical (unpaired) electrons. The maximum Gasteiger partial charge on any atom is 0.227 e. The first kappa shape index (κ1) is 23.5. The minimum absolute atomic E-state index is 0.628. The molecule has 5 heteroatoms. The van der Waals surface area contributed by atoms with Crippen LogP contribution in [0, 0.1) is 0 Å². The third-order valence-corrected chi connectivity index (χ3v) is 8.75. The maximum atomic E-state index is 6.52. The van der Waals surface area contributed by atoms with Crippen LogP contribution in [-0.2, 0) is 0 Å². The SMILES string of the molecule is c1ccc(-c2nc3cc4c5cc(-c6nc(-c7ccccc7)c7ccccc7n6)ccc5n5c6ccccc6c(c3o2)c45)cc1. The van der Waals surface area contributed by atoms with Gasteiger partial charge in [-0.25, -0.2) is 15.0 Å². The monoisotopic (exact) mass is 562 g/mol. The zero-order valence-corrected chi connectivity index (χ0v) is 23.4. The highest BCUT2D eigenvalue weighted by Gasteiger charge is 2.23. The zero-order chi connectivity index (χ0) is 28.8. The lowest BCUT2D eigenvalue weighted by atomic mass is 10.0. The van der Waals surface area contributed by atoms with Gasteiger partial charge in [0.15, 0.2) is 11.4 Å². The van der Waals surface area contributed by atoms with Gasteiger partial charge in [-0.3, -0.25) is 0 Å². The Morgan fingerprint density at radius 2 is 1.18 bits per heavy atom. The molecular weight excluding hydrogens is 540 g/mol. The van der Waals surface area contributed by atoms with E-state index in [9.17, 15) is 0 Å². The highest BCUT2D eigenvalue weighted by atomic mass is 16.3. The van der Waals surface area contributed by atoms with Crippen LogP contribution in [0.15, 0.2) is 138 Å². The van der Waals surface area contributed by atoms with Gasteiger partial charge in [-0.2, -0.15) is 0 Å². The maximum absolute atomic E-state index is 6.52. The molecule has 0 aliphatic rings. The molecule has 4 heterocycles. The molecule has 0 N–H and O–H groups in total. The van der Waals surface area contributed by atoms with Crippen LogP contribution in [0.1, 0.15) is 0 Å². The number of hydrogen-bond donors (Lipinski definition) is 0. The molecule has 204 valence electrons. The summed E-state index contributed by atoms with van der Waals surface area (Å²) in [5.41, 5.74) is 9.96. The highest BCUT2D eigenvalue weighted by Crippen LogP contribution is 2.44. The molecule has 0 bridgehead atoms. The lowest BCUT2D eigenvalue weighted by Gasteiger charge is -2.09. The summed E-state index contributed by atoms with van der Waals surface area (Å²) >= 11 is 0. The van der Waals surface area contributed by atoms with Gasteiger partial charge in [0.05, 0.1) is 33.1 Å². The van der Waals surface area contributed by atoms with Crippen molar-refractivity contribution in [3.63, 3.8) is 0 Å². The molecule has 0 spiro atoms. The second kappa shape index (κ2) is 8.72. The third-order valence-electron chi connectivity index (χ3n) is 8.75. The fourth-order valence-electron chi connectivity index (χ4n) is 6.81. The van der Waals surface area contributed by atoms with Crippen LogP contribution in [-0.4, -0.2) is 19.4 Å². The highest BCUT2D eigenvalue weighted by molar-refractivity contribution is 6.30. The van der Waals surface area contributed by atoms with Crippen LogP contribution in [0.25, 0.3) is 94.2 Å². The first-order chi connectivity index (χ1) is 21.8. The number of hydrogen-bond acceptors (Lipinski definition) is 4. The van der Waals surface area contributed by atoms with E-state index in [-0.39, 0.29) is 0 Å². The Kier molecular flexibility index (Phi) is 4.66. The lowest BCUT2D eigenvalue weighted by molar-refractivity contribution is 0.623.